The molecule has 3 aromatic carbocycles. The highest BCUT2D eigenvalue weighted by molar-refractivity contribution is 6.52. The second-order valence-electron chi connectivity index (χ2n) is 7.20. The molecule has 10 nitrogen and oxygen atoms in total. The zero-order chi connectivity index (χ0) is 23.7. The number of aliphatic hydroxyl groups is 1. The SMILES string of the molecule is O=C1C(=O)c2ccccc2C(O)=C1C(Nc1ccc([N+](=O)[O-])cc1)c1ccc([N+](=O)[O-])cc1. The number of Topliss-reactive ketones (excluding diaryl/α,β-unsaturated/α-hetero) is 2. The minimum atomic E-state index is -1.07. The van der Waals surface area contributed by atoms with Gasteiger partial charge in [0.25, 0.3) is 11.4 Å². The highest BCUT2D eigenvalue weighted by Gasteiger charge is 2.37. The van der Waals surface area contributed by atoms with Gasteiger partial charge in [-0.15, -0.1) is 0 Å². The maximum Gasteiger partial charge on any atom is 0.269 e. The summed E-state index contributed by atoms with van der Waals surface area (Å²) < 4.78 is 0. The molecule has 1 aliphatic carbocycles. The number of carbonyl (C=O) groups is 2. The van der Waals surface area contributed by atoms with E-state index >= 15 is 0 Å². The van der Waals surface area contributed by atoms with Crippen LogP contribution >= 0.6 is 0 Å². The van der Waals surface area contributed by atoms with Crippen LogP contribution in [0.1, 0.15) is 27.5 Å². The van der Waals surface area contributed by atoms with Crippen molar-refractivity contribution in [2.75, 3.05) is 5.32 Å². The molecule has 0 radical (unpaired) electrons. The van der Waals surface area contributed by atoms with E-state index in [9.17, 15) is 34.9 Å². The molecule has 1 atom stereocenters. The number of nitro benzene ring substituents is 2. The number of anilines is 1. The molecule has 0 spiro atoms. The highest BCUT2D eigenvalue weighted by Crippen LogP contribution is 2.37. The van der Waals surface area contributed by atoms with Crippen molar-refractivity contribution in [3.63, 3.8) is 0 Å². The molecule has 1 unspecified atom stereocenters. The Morgan fingerprint density at radius 1 is 0.727 bits per heavy atom. The number of carbonyl (C=O) groups excluding carboxylic acids is 2. The second-order valence-corrected chi connectivity index (χ2v) is 7.20. The van der Waals surface area contributed by atoms with Crippen LogP contribution in [-0.2, 0) is 4.79 Å². The maximum absolute atomic E-state index is 13.0. The standard InChI is InChI=1S/C23H15N3O7/c27-21-17-3-1-2-4-18(17)22(28)23(29)19(21)20(13-5-9-15(10-6-13)25(30)31)24-14-7-11-16(12-8-14)26(32)33/h1-12,20,24,27H. The third-order valence-electron chi connectivity index (χ3n) is 5.25. The smallest absolute Gasteiger partial charge is 0.269 e. The van der Waals surface area contributed by atoms with Crippen molar-refractivity contribution >= 4 is 34.4 Å². The number of nitrogens with one attached hydrogen (secondary N) is 1. The topological polar surface area (TPSA) is 153 Å². The molecule has 0 fully saturated rings. The van der Waals surface area contributed by atoms with Crippen LogP contribution in [0.25, 0.3) is 5.76 Å². The van der Waals surface area contributed by atoms with Gasteiger partial charge in [-0.3, -0.25) is 29.8 Å². The Balaban J connectivity index is 1.85. The van der Waals surface area contributed by atoms with Crippen LogP contribution in [0.2, 0.25) is 0 Å². The molecule has 0 heterocycles. The molecule has 33 heavy (non-hydrogen) atoms. The van der Waals surface area contributed by atoms with Crippen molar-refractivity contribution in [3.8, 4) is 0 Å². The van der Waals surface area contributed by atoms with Crippen LogP contribution < -0.4 is 5.32 Å². The molecule has 10 heteroatoms. The first-order chi connectivity index (χ1) is 15.8. The van der Waals surface area contributed by atoms with E-state index in [1.165, 1.54) is 60.7 Å². The van der Waals surface area contributed by atoms with Gasteiger partial charge in [-0.2, -0.15) is 0 Å². The summed E-state index contributed by atoms with van der Waals surface area (Å²) in [6.45, 7) is 0. The van der Waals surface area contributed by atoms with Crippen molar-refractivity contribution in [2.24, 2.45) is 0 Å². The van der Waals surface area contributed by atoms with E-state index in [2.05, 4.69) is 5.32 Å². The molecule has 3 aromatic rings. The lowest BCUT2D eigenvalue weighted by Gasteiger charge is -2.26. The fourth-order valence-electron chi connectivity index (χ4n) is 3.61. The molecule has 0 amide bonds. The number of hydrogen-bond donors (Lipinski definition) is 2. The van der Waals surface area contributed by atoms with Crippen LogP contribution in [0.3, 0.4) is 0 Å². The molecule has 0 bridgehead atoms. The minimum Gasteiger partial charge on any atom is -0.507 e. The van der Waals surface area contributed by atoms with Crippen LogP contribution in [0, 0.1) is 20.2 Å². The Labute approximate surface area is 186 Å². The summed E-state index contributed by atoms with van der Waals surface area (Å²) in [6.07, 6.45) is 0. The van der Waals surface area contributed by atoms with E-state index in [-0.39, 0.29) is 28.1 Å². The van der Waals surface area contributed by atoms with Crippen molar-refractivity contribution in [1.29, 1.82) is 0 Å². The Hall–Kier alpha value is -4.86. The first-order valence-corrected chi connectivity index (χ1v) is 9.65. The number of nitro groups is 2. The maximum atomic E-state index is 13.0. The molecule has 4 rings (SSSR count). The van der Waals surface area contributed by atoms with E-state index in [1.807, 2.05) is 0 Å². The predicted octanol–water partition coefficient (Wildman–Crippen LogP) is 4.39. The third kappa shape index (κ3) is 3.92. The van der Waals surface area contributed by atoms with Gasteiger partial charge in [-0.05, 0) is 29.8 Å². The molecule has 2 N–H and O–H groups in total. The number of nitrogens with zero attached hydrogens (tertiary/aromatic N) is 2. The monoisotopic (exact) mass is 445 g/mol. The summed E-state index contributed by atoms with van der Waals surface area (Å²) in [5.41, 5.74) is 0.432. The molecule has 0 saturated carbocycles. The molecular weight excluding hydrogens is 430 g/mol. The highest BCUT2D eigenvalue weighted by atomic mass is 16.6. The lowest BCUT2D eigenvalue weighted by atomic mass is 9.83. The summed E-state index contributed by atoms with van der Waals surface area (Å²) in [5, 5.41) is 35.9. The van der Waals surface area contributed by atoms with Crippen molar-refractivity contribution in [3.05, 3.63) is 115 Å². The Kier molecular flexibility index (Phi) is 5.41. The number of non-ortho nitro benzene ring substituents is 2. The Morgan fingerprint density at radius 3 is 1.79 bits per heavy atom. The molecule has 0 aromatic heterocycles. The van der Waals surface area contributed by atoms with E-state index in [4.69, 9.17) is 0 Å². The van der Waals surface area contributed by atoms with Crippen molar-refractivity contribution in [2.45, 2.75) is 6.04 Å². The fraction of sp³-hybridized carbons (Fsp3) is 0.0435. The van der Waals surface area contributed by atoms with E-state index in [0.717, 1.165) is 0 Å². The normalized spacial score (nSPS) is 13.9. The van der Waals surface area contributed by atoms with E-state index in [0.29, 0.717) is 11.3 Å². The molecular formula is C23H15N3O7. The largest absolute Gasteiger partial charge is 0.507 e. The van der Waals surface area contributed by atoms with Gasteiger partial charge in [0, 0.05) is 41.1 Å². The van der Waals surface area contributed by atoms with Gasteiger partial charge in [0.05, 0.1) is 21.5 Å². The van der Waals surface area contributed by atoms with Crippen LogP contribution in [0.15, 0.2) is 78.4 Å². The zero-order valence-corrected chi connectivity index (χ0v) is 16.8. The Morgan fingerprint density at radius 2 is 1.24 bits per heavy atom. The Bertz CT molecular complexity index is 1330. The first kappa shape index (κ1) is 21.4. The van der Waals surface area contributed by atoms with Gasteiger partial charge in [0.2, 0.25) is 11.6 Å². The minimum absolute atomic E-state index is 0.0709. The average Bonchev–Trinajstić information content (AvgIpc) is 2.82. The lowest BCUT2D eigenvalue weighted by Crippen LogP contribution is -2.30. The summed E-state index contributed by atoms with van der Waals surface area (Å²) >= 11 is 0. The van der Waals surface area contributed by atoms with Crippen molar-refractivity contribution in [1.82, 2.24) is 0 Å². The zero-order valence-electron chi connectivity index (χ0n) is 16.8. The summed E-state index contributed by atoms with van der Waals surface area (Å²) in [4.78, 5) is 46.6. The number of hydrogen-bond acceptors (Lipinski definition) is 8. The average molecular weight is 445 g/mol. The van der Waals surface area contributed by atoms with Crippen molar-refractivity contribution < 1.29 is 24.5 Å². The number of aliphatic hydroxyl groups excluding tert-OH is 1. The molecule has 0 saturated heterocycles. The summed E-state index contributed by atoms with van der Waals surface area (Å²) in [6, 6.07) is 15.7. The fourth-order valence-corrected chi connectivity index (χ4v) is 3.61. The van der Waals surface area contributed by atoms with Gasteiger partial charge in [0.1, 0.15) is 5.76 Å². The van der Waals surface area contributed by atoms with E-state index in [1.54, 1.807) is 12.1 Å². The van der Waals surface area contributed by atoms with Gasteiger partial charge < -0.3 is 10.4 Å². The quantitative estimate of drug-likeness (QED) is 0.322. The first-order valence-electron chi connectivity index (χ1n) is 9.65. The lowest BCUT2D eigenvalue weighted by molar-refractivity contribution is -0.385. The van der Waals surface area contributed by atoms with Gasteiger partial charge in [-0.25, -0.2) is 0 Å². The van der Waals surface area contributed by atoms with Gasteiger partial charge in [0.15, 0.2) is 0 Å². The molecule has 0 aliphatic heterocycles. The summed E-state index contributed by atoms with van der Waals surface area (Å²) in [7, 11) is 0. The number of ketones is 2. The predicted molar refractivity (Wildman–Crippen MR) is 118 cm³/mol. The van der Waals surface area contributed by atoms with E-state index < -0.39 is 33.2 Å². The number of fused-ring (bicyclic) bond motifs is 1. The van der Waals surface area contributed by atoms with Crippen LogP contribution in [0.4, 0.5) is 17.1 Å². The molecule has 164 valence electrons. The van der Waals surface area contributed by atoms with Crippen LogP contribution in [0.5, 0.6) is 0 Å². The second kappa shape index (κ2) is 8.35. The number of rotatable bonds is 6. The molecule has 1 aliphatic rings. The number of benzene rings is 3. The van der Waals surface area contributed by atoms with Gasteiger partial charge in [-0.1, -0.05) is 24.3 Å². The van der Waals surface area contributed by atoms with Gasteiger partial charge >= 0.3 is 0 Å². The summed E-state index contributed by atoms with van der Waals surface area (Å²) in [5.74, 6) is -2.12. The third-order valence-corrected chi connectivity index (χ3v) is 5.25. The van der Waals surface area contributed by atoms with Crippen LogP contribution in [-0.4, -0.2) is 26.5 Å².